The van der Waals surface area contributed by atoms with Gasteiger partial charge in [-0.05, 0) is 30.2 Å². The van der Waals surface area contributed by atoms with Crippen LogP contribution in [0, 0.1) is 0 Å². The zero-order valence-electron chi connectivity index (χ0n) is 14.4. The van der Waals surface area contributed by atoms with Gasteiger partial charge in [0, 0.05) is 33.4 Å². The van der Waals surface area contributed by atoms with Gasteiger partial charge in [-0.2, -0.15) is 0 Å². The number of rotatable bonds is 5. The minimum atomic E-state index is 0.204. The second kappa shape index (κ2) is 8.22. The molecule has 2 aromatic carbocycles. The summed E-state index contributed by atoms with van der Waals surface area (Å²) in [4.78, 5) is 6.42. The van der Waals surface area contributed by atoms with Crippen LogP contribution >= 0.6 is 0 Å². The number of nitrogens with zero attached hydrogens (tertiary/aromatic N) is 2. The van der Waals surface area contributed by atoms with Crippen molar-refractivity contribution < 1.29 is 0 Å². The Balaban J connectivity index is 1.94. The first-order chi connectivity index (χ1) is 11.1. The summed E-state index contributed by atoms with van der Waals surface area (Å²) in [7, 11) is 5.90. The second-order valence-corrected chi connectivity index (χ2v) is 5.77. The molecular formula is C19H26N4. The van der Waals surface area contributed by atoms with Crippen molar-refractivity contribution in [2.75, 3.05) is 26.0 Å². The third-order valence-corrected chi connectivity index (χ3v) is 3.76. The van der Waals surface area contributed by atoms with Crippen molar-refractivity contribution in [1.29, 1.82) is 0 Å². The number of anilines is 1. The Morgan fingerprint density at radius 2 is 1.83 bits per heavy atom. The van der Waals surface area contributed by atoms with Crippen molar-refractivity contribution in [3.05, 3.63) is 65.7 Å². The lowest BCUT2D eigenvalue weighted by Crippen LogP contribution is -2.38. The fourth-order valence-electron chi connectivity index (χ4n) is 2.36. The second-order valence-electron chi connectivity index (χ2n) is 5.77. The predicted octanol–water partition coefficient (Wildman–Crippen LogP) is 3.18. The largest absolute Gasteiger partial charge is 0.378 e. The van der Waals surface area contributed by atoms with Crippen molar-refractivity contribution >= 4 is 11.6 Å². The minimum absolute atomic E-state index is 0.204. The maximum absolute atomic E-state index is 4.31. The zero-order chi connectivity index (χ0) is 16.7. The molecule has 23 heavy (non-hydrogen) atoms. The van der Waals surface area contributed by atoms with E-state index in [1.807, 2.05) is 6.07 Å². The molecule has 0 bridgehead atoms. The summed E-state index contributed by atoms with van der Waals surface area (Å²) in [6, 6.07) is 19.1. The molecule has 0 fully saturated rings. The van der Waals surface area contributed by atoms with Crippen molar-refractivity contribution in [1.82, 2.24) is 10.6 Å². The van der Waals surface area contributed by atoms with Crippen LogP contribution < -0.4 is 15.5 Å². The van der Waals surface area contributed by atoms with Crippen LogP contribution in [0.3, 0.4) is 0 Å². The Morgan fingerprint density at radius 3 is 2.48 bits per heavy atom. The van der Waals surface area contributed by atoms with Crippen LogP contribution in [0.4, 0.5) is 5.69 Å². The summed E-state index contributed by atoms with van der Waals surface area (Å²) in [6.07, 6.45) is 0. The topological polar surface area (TPSA) is 39.7 Å². The summed E-state index contributed by atoms with van der Waals surface area (Å²) in [5.41, 5.74) is 3.67. The Morgan fingerprint density at radius 1 is 1.09 bits per heavy atom. The van der Waals surface area contributed by atoms with Crippen molar-refractivity contribution in [3.63, 3.8) is 0 Å². The van der Waals surface area contributed by atoms with Crippen molar-refractivity contribution in [2.24, 2.45) is 4.99 Å². The summed E-state index contributed by atoms with van der Waals surface area (Å²) in [5, 5.41) is 6.79. The number of aliphatic imine (C=N–C) groups is 1. The molecule has 1 unspecified atom stereocenters. The number of benzene rings is 2. The van der Waals surface area contributed by atoms with E-state index in [9.17, 15) is 0 Å². The van der Waals surface area contributed by atoms with E-state index >= 15 is 0 Å². The molecule has 2 rings (SSSR count). The highest BCUT2D eigenvalue weighted by Crippen LogP contribution is 2.13. The molecule has 0 radical (unpaired) electrons. The van der Waals surface area contributed by atoms with Gasteiger partial charge in [0.05, 0.1) is 6.04 Å². The molecule has 0 amide bonds. The molecule has 1 atom stereocenters. The zero-order valence-corrected chi connectivity index (χ0v) is 14.4. The van der Waals surface area contributed by atoms with E-state index in [0.717, 1.165) is 12.5 Å². The average molecular weight is 310 g/mol. The third kappa shape index (κ3) is 5.02. The minimum Gasteiger partial charge on any atom is -0.378 e. The van der Waals surface area contributed by atoms with Gasteiger partial charge in [-0.25, -0.2) is 0 Å². The van der Waals surface area contributed by atoms with E-state index in [2.05, 4.69) is 90.1 Å². The van der Waals surface area contributed by atoms with Crippen LogP contribution in [0.2, 0.25) is 0 Å². The first kappa shape index (κ1) is 16.9. The highest BCUT2D eigenvalue weighted by atomic mass is 15.2. The molecule has 0 aromatic heterocycles. The highest BCUT2D eigenvalue weighted by molar-refractivity contribution is 5.80. The molecule has 0 spiro atoms. The third-order valence-electron chi connectivity index (χ3n) is 3.76. The van der Waals surface area contributed by atoms with Gasteiger partial charge in [0.25, 0.3) is 0 Å². The fourth-order valence-corrected chi connectivity index (χ4v) is 2.36. The predicted molar refractivity (Wildman–Crippen MR) is 99.0 cm³/mol. The quantitative estimate of drug-likeness (QED) is 0.658. The molecule has 0 heterocycles. The molecule has 122 valence electrons. The summed E-state index contributed by atoms with van der Waals surface area (Å²) in [5.74, 6) is 0.802. The van der Waals surface area contributed by atoms with E-state index in [1.165, 1.54) is 16.8 Å². The molecular weight excluding hydrogens is 284 g/mol. The van der Waals surface area contributed by atoms with Crippen LogP contribution in [-0.2, 0) is 6.54 Å². The van der Waals surface area contributed by atoms with E-state index in [0.29, 0.717) is 0 Å². The number of nitrogens with one attached hydrogen (secondary N) is 2. The monoisotopic (exact) mass is 310 g/mol. The summed E-state index contributed by atoms with van der Waals surface area (Å²) in [6.45, 7) is 2.87. The van der Waals surface area contributed by atoms with Crippen molar-refractivity contribution in [2.45, 2.75) is 19.5 Å². The van der Waals surface area contributed by atoms with Crippen LogP contribution in [0.5, 0.6) is 0 Å². The van der Waals surface area contributed by atoms with E-state index in [1.54, 1.807) is 7.05 Å². The molecule has 0 aliphatic rings. The van der Waals surface area contributed by atoms with Gasteiger partial charge in [-0.3, -0.25) is 4.99 Å². The van der Waals surface area contributed by atoms with Crippen LogP contribution in [-0.4, -0.2) is 27.1 Å². The SMILES string of the molecule is CN=C(NCc1cccc(N(C)C)c1)NC(C)c1ccccc1. The fraction of sp³-hybridized carbons (Fsp3) is 0.316. The van der Waals surface area contributed by atoms with Gasteiger partial charge in [0.2, 0.25) is 0 Å². The molecule has 2 aromatic rings. The molecule has 0 saturated carbocycles. The maximum Gasteiger partial charge on any atom is 0.191 e. The Labute approximate surface area is 139 Å². The van der Waals surface area contributed by atoms with Crippen LogP contribution in [0.15, 0.2) is 59.6 Å². The Bertz CT molecular complexity index is 635. The van der Waals surface area contributed by atoms with Crippen LogP contribution in [0.25, 0.3) is 0 Å². The maximum atomic E-state index is 4.31. The van der Waals surface area contributed by atoms with Gasteiger partial charge >= 0.3 is 0 Å². The van der Waals surface area contributed by atoms with Crippen molar-refractivity contribution in [3.8, 4) is 0 Å². The van der Waals surface area contributed by atoms with E-state index in [4.69, 9.17) is 0 Å². The lowest BCUT2D eigenvalue weighted by molar-refractivity contribution is 0.685. The molecule has 4 nitrogen and oxygen atoms in total. The molecule has 0 aliphatic heterocycles. The number of guanidine groups is 1. The van der Waals surface area contributed by atoms with Gasteiger partial charge in [0.1, 0.15) is 0 Å². The first-order valence-electron chi connectivity index (χ1n) is 7.88. The van der Waals surface area contributed by atoms with Gasteiger partial charge in [-0.1, -0.05) is 42.5 Å². The standard InChI is InChI=1S/C19H26N4/c1-15(17-10-6-5-7-11-17)22-19(20-2)21-14-16-9-8-12-18(13-16)23(3)4/h5-13,15H,14H2,1-4H3,(H2,20,21,22). The molecule has 0 saturated heterocycles. The number of hydrogen-bond donors (Lipinski definition) is 2. The summed E-state index contributed by atoms with van der Waals surface area (Å²) < 4.78 is 0. The smallest absolute Gasteiger partial charge is 0.191 e. The Kier molecular flexibility index (Phi) is 6.03. The van der Waals surface area contributed by atoms with E-state index in [-0.39, 0.29) is 6.04 Å². The van der Waals surface area contributed by atoms with Gasteiger partial charge in [0.15, 0.2) is 5.96 Å². The lowest BCUT2D eigenvalue weighted by Gasteiger charge is -2.19. The van der Waals surface area contributed by atoms with Gasteiger partial charge < -0.3 is 15.5 Å². The normalized spacial score (nSPS) is 12.6. The Hall–Kier alpha value is -2.49. The molecule has 4 heteroatoms. The summed E-state index contributed by atoms with van der Waals surface area (Å²) >= 11 is 0. The van der Waals surface area contributed by atoms with Gasteiger partial charge in [-0.15, -0.1) is 0 Å². The molecule has 0 aliphatic carbocycles. The first-order valence-corrected chi connectivity index (χ1v) is 7.88. The van der Waals surface area contributed by atoms with E-state index < -0.39 is 0 Å². The van der Waals surface area contributed by atoms with Crippen LogP contribution in [0.1, 0.15) is 24.1 Å². The lowest BCUT2D eigenvalue weighted by atomic mass is 10.1. The number of hydrogen-bond acceptors (Lipinski definition) is 2. The highest BCUT2D eigenvalue weighted by Gasteiger charge is 2.07. The molecule has 2 N–H and O–H groups in total. The average Bonchev–Trinajstić information content (AvgIpc) is 2.59.